The van der Waals surface area contributed by atoms with Crippen LogP contribution in [0.15, 0.2) is 47.4 Å². The summed E-state index contributed by atoms with van der Waals surface area (Å²) in [6.45, 7) is 2.75. The molecular weight excluding hydrogens is 624 g/mol. The van der Waals surface area contributed by atoms with E-state index in [9.17, 15) is 39.2 Å². The van der Waals surface area contributed by atoms with Crippen LogP contribution in [-0.4, -0.2) is 84.0 Å². The lowest BCUT2D eigenvalue weighted by Crippen LogP contribution is -2.53. The zero-order chi connectivity index (χ0) is 31.8. The van der Waals surface area contributed by atoms with Crippen LogP contribution in [0.2, 0.25) is 0 Å². The number of nitrogens with one attached hydrogen (secondary N) is 2. The minimum Gasteiger partial charge on any atom is -0.485 e. The minimum atomic E-state index is -4.86. The van der Waals surface area contributed by atoms with E-state index in [-0.39, 0.29) is 54.4 Å². The van der Waals surface area contributed by atoms with Gasteiger partial charge in [-0.25, -0.2) is 17.6 Å². The Balaban J connectivity index is 1.61. The third-order valence-corrected chi connectivity index (χ3v) is 9.94. The molecule has 1 saturated heterocycles. The number of amides is 1. The van der Waals surface area contributed by atoms with Crippen molar-refractivity contribution in [1.29, 1.82) is 0 Å². The van der Waals surface area contributed by atoms with Gasteiger partial charge in [-0.3, -0.25) is 9.62 Å². The molecule has 2 aliphatic heterocycles. The molecule has 2 heterocycles. The second-order valence-electron chi connectivity index (χ2n) is 10.3. The maximum Gasteiger partial charge on any atom is 0.427 e. The normalized spacial score (nSPS) is 20.2. The van der Waals surface area contributed by atoms with Gasteiger partial charge in [-0.05, 0) is 63.2 Å². The molecule has 1 fully saturated rings. The van der Waals surface area contributed by atoms with Crippen molar-refractivity contribution < 1.29 is 53.4 Å². The number of nitrogens with zero attached hydrogens (tertiary/aromatic N) is 2. The van der Waals surface area contributed by atoms with Gasteiger partial charge < -0.3 is 14.2 Å². The van der Waals surface area contributed by atoms with Crippen LogP contribution in [0.1, 0.15) is 20.8 Å². The van der Waals surface area contributed by atoms with Gasteiger partial charge in [-0.15, -0.1) is 0 Å². The molecule has 0 radical (unpaired) electrons. The Kier molecular flexibility index (Phi) is 9.18. The Morgan fingerprint density at radius 1 is 1.07 bits per heavy atom. The lowest BCUT2D eigenvalue weighted by atomic mass is 10.1. The molecule has 43 heavy (non-hydrogen) atoms. The quantitative estimate of drug-likeness (QED) is 0.413. The first-order chi connectivity index (χ1) is 19.9. The smallest absolute Gasteiger partial charge is 0.427 e. The lowest BCUT2D eigenvalue weighted by molar-refractivity contribution is -0.242. The van der Waals surface area contributed by atoms with Gasteiger partial charge in [0.05, 0.1) is 36.4 Å². The molecule has 2 atom stereocenters. The molecule has 2 aromatic rings. The summed E-state index contributed by atoms with van der Waals surface area (Å²) in [5.41, 5.74) is -3.05. The molecule has 1 unspecified atom stereocenters. The van der Waals surface area contributed by atoms with E-state index in [0.29, 0.717) is 13.8 Å². The number of carbonyl (C=O) groups excluding carboxylic acids is 1. The average molecular weight is 655 g/mol. The van der Waals surface area contributed by atoms with E-state index in [1.807, 2.05) is 0 Å². The van der Waals surface area contributed by atoms with Crippen LogP contribution in [0.4, 0.5) is 33.7 Å². The van der Waals surface area contributed by atoms with Gasteiger partial charge in [-0.2, -0.15) is 30.6 Å². The Morgan fingerprint density at radius 2 is 1.74 bits per heavy atom. The molecule has 0 aromatic heterocycles. The van der Waals surface area contributed by atoms with Crippen molar-refractivity contribution in [2.45, 2.75) is 49.7 Å². The number of hydrogen-bond acceptors (Lipinski definition) is 8. The lowest BCUT2D eigenvalue weighted by Gasteiger charge is -2.36. The minimum absolute atomic E-state index is 0.0318. The molecule has 4 rings (SSSR count). The van der Waals surface area contributed by atoms with Gasteiger partial charge in [0.1, 0.15) is 17.7 Å². The fourth-order valence-corrected chi connectivity index (χ4v) is 6.98. The summed E-state index contributed by atoms with van der Waals surface area (Å²) in [5, 5.41) is 2.14. The number of alkyl halides is 3. The van der Waals surface area contributed by atoms with Crippen LogP contribution in [0.25, 0.3) is 0 Å². The highest BCUT2D eigenvalue weighted by molar-refractivity contribution is 7.92. The van der Waals surface area contributed by atoms with Gasteiger partial charge in [0.15, 0.2) is 0 Å². The van der Waals surface area contributed by atoms with E-state index in [1.54, 1.807) is 6.92 Å². The molecule has 0 aliphatic carbocycles. The van der Waals surface area contributed by atoms with Crippen molar-refractivity contribution in [3.05, 3.63) is 48.3 Å². The van der Waals surface area contributed by atoms with Crippen LogP contribution in [0.3, 0.4) is 0 Å². The number of sulfonamides is 1. The summed E-state index contributed by atoms with van der Waals surface area (Å²) >= 11 is 0. The standard InChI is InChI=1S/C25H30F4N4O8S2/c1-16-14-32(10-11-39-16)43(37,38)30-13-19-15-33(42(35,36)20-7-4-17(26)5-8-20)21-12-18(6-9-22(21)40-19)31-23(34)41-24(2,3)25(27,28)29/h4-9,12,16,19,30H,10-11,13-15H2,1-3H3,(H,31,34)/t16?,19-/m0/s1. The predicted octanol–water partition coefficient (Wildman–Crippen LogP) is 3.23. The number of anilines is 2. The van der Waals surface area contributed by atoms with Crippen LogP contribution >= 0.6 is 0 Å². The molecule has 2 aromatic carbocycles. The number of halogens is 4. The molecule has 12 nitrogen and oxygen atoms in total. The maximum absolute atomic E-state index is 13.7. The van der Waals surface area contributed by atoms with Crippen LogP contribution in [-0.2, 0) is 29.7 Å². The van der Waals surface area contributed by atoms with Crippen molar-refractivity contribution in [2.24, 2.45) is 0 Å². The van der Waals surface area contributed by atoms with E-state index < -0.39 is 56.6 Å². The van der Waals surface area contributed by atoms with Crippen LogP contribution < -0.4 is 19.1 Å². The first-order valence-corrected chi connectivity index (χ1v) is 15.8. The first kappa shape index (κ1) is 32.7. The molecule has 238 valence electrons. The average Bonchev–Trinajstić information content (AvgIpc) is 2.91. The molecule has 2 N–H and O–H groups in total. The number of ether oxygens (including phenoxy) is 3. The number of fused-ring (bicyclic) bond motifs is 1. The van der Waals surface area contributed by atoms with Gasteiger partial charge in [0.25, 0.3) is 20.2 Å². The van der Waals surface area contributed by atoms with Crippen molar-refractivity contribution in [1.82, 2.24) is 9.03 Å². The summed E-state index contributed by atoms with van der Waals surface area (Å²) in [6, 6.07) is 7.61. The van der Waals surface area contributed by atoms with Crippen LogP contribution in [0, 0.1) is 5.82 Å². The van der Waals surface area contributed by atoms with Gasteiger partial charge in [0, 0.05) is 18.8 Å². The van der Waals surface area contributed by atoms with Crippen molar-refractivity contribution in [2.75, 3.05) is 42.4 Å². The Labute approximate surface area is 246 Å². The molecule has 0 bridgehead atoms. The topological polar surface area (TPSA) is 144 Å². The molecule has 0 spiro atoms. The highest BCUT2D eigenvalue weighted by atomic mass is 32.2. The molecular formula is C25H30F4N4O8S2. The fourth-order valence-electron chi connectivity index (χ4n) is 4.18. The SMILES string of the molecule is CC1CN(S(=O)(=O)NC[C@H]2CN(S(=O)(=O)c3ccc(F)cc3)c3cc(NC(=O)OC(C)(C)C(F)(F)F)ccc3O2)CCO1. The largest absolute Gasteiger partial charge is 0.485 e. The molecule has 18 heteroatoms. The number of benzene rings is 2. The Hall–Kier alpha value is -3.19. The zero-order valence-electron chi connectivity index (χ0n) is 23.2. The summed E-state index contributed by atoms with van der Waals surface area (Å²) in [5.74, 6) is -0.714. The number of carbonyl (C=O) groups is 1. The molecule has 1 amide bonds. The van der Waals surface area contributed by atoms with Crippen molar-refractivity contribution in [3.8, 4) is 5.75 Å². The molecule has 2 aliphatic rings. The van der Waals surface area contributed by atoms with Gasteiger partial charge in [0.2, 0.25) is 5.60 Å². The summed E-state index contributed by atoms with van der Waals surface area (Å²) in [6.07, 6.45) is -7.66. The summed E-state index contributed by atoms with van der Waals surface area (Å²) < 4.78 is 126. The Morgan fingerprint density at radius 3 is 2.37 bits per heavy atom. The van der Waals surface area contributed by atoms with Gasteiger partial charge >= 0.3 is 12.3 Å². The van der Waals surface area contributed by atoms with E-state index >= 15 is 0 Å². The number of hydrogen-bond donors (Lipinski definition) is 2. The first-order valence-electron chi connectivity index (χ1n) is 12.9. The van der Waals surface area contributed by atoms with E-state index in [0.717, 1.165) is 34.6 Å². The zero-order valence-corrected chi connectivity index (χ0v) is 24.9. The second-order valence-corrected chi connectivity index (χ2v) is 13.9. The maximum atomic E-state index is 13.7. The summed E-state index contributed by atoms with van der Waals surface area (Å²) in [4.78, 5) is 11.9. The number of rotatable bonds is 8. The monoisotopic (exact) mass is 654 g/mol. The second kappa shape index (κ2) is 12.1. The Bertz CT molecular complexity index is 1550. The van der Waals surface area contributed by atoms with E-state index in [1.165, 1.54) is 16.4 Å². The summed E-state index contributed by atoms with van der Waals surface area (Å²) in [7, 11) is -8.39. The highest BCUT2D eigenvalue weighted by Crippen LogP contribution is 2.39. The van der Waals surface area contributed by atoms with E-state index in [2.05, 4.69) is 14.8 Å². The van der Waals surface area contributed by atoms with Crippen molar-refractivity contribution >= 4 is 37.7 Å². The number of morpholine rings is 1. The van der Waals surface area contributed by atoms with Crippen LogP contribution in [0.5, 0.6) is 5.75 Å². The fraction of sp³-hybridized carbons (Fsp3) is 0.480. The highest BCUT2D eigenvalue weighted by Gasteiger charge is 2.51. The van der Waals surface area contributed by atoms with Gasteiger partial charge in [-0.1, -0.05) is 0 Å². The predicted molar refractivity (Wildman–Crippen MR) is 146 cm³/mol. The molecule has 0 saturated carbocycles. The third kappa shape index (κ3) is 7.49. The van der Waals surface area contributed by atoms with E-state index in [4.69, 9.17) is 9.47 Å². The van der Waals surface area contributed by atoms with Crippen molar-refractivity contribution in [3.63, 3.8) is 0 Å². The third-order valence-electron chi connectivity index (χ3n) is 6.61.